The van der Waals surface area contributed by atoms with E-state index in [0.717, 1.165) is 58.0 Å². The molecule has 0 amide bonds. The van der Waals surface area contributed by atoms with Crippen LogP contribution in [0.15, 0.2) is 0 Å². The monoisotopic (exact) mass is 283 g/mol. The van der Waals surface area contributed by atoms with Crippen molar-refractivity contribution in [1.82, 2.24) is 5.32 Å². The van der Waals surface area contributed by atoms with Crippen LogP contribution in [0.2, 0.25) is 0 Å². The van der Waals surface area contributed by atoms with Crippen LogP contribution in [0, 0.1) is 5.92 Å². The lowest BCUT2D eigenvalue weighted by Gasteiger charge is -2.43. The van der Waals surface area contributed by atoms with Crippen LogP contribution in [0.4, 0.5) is 0 Å². The van der Waals surface area contributed by atoms with Crippen LogP contribution in [-0.2, 0) is 14.2 Å². The average molecular weight is 283 g/mol. The molecule has 3 saturated heterocycles. The molecule has 0 aromatic heterocycles. The summed E-state index contributed by atoms with van der Waals surface area (Å²) in [5.41, 5.74) is 0.0631. The molecule has 0 saturated carbocycles. The highest BCUT2D eigenvalue weighted by molar-refractivity contribution is 4.89. The number of hydrogen-bond donors (Lipinski definition) is 1. The van der Waals surface area contributed by atoms with Crippen molar-refractivity contribution in [3.05, 3.63) is 0 Å². The minimum Gasteiger partial charge on any atom is -0.381 e. The van der Waals surface area contributed by atoms with Crippen LogP contribution in [0.25, 0.3) is 0 Å². The topological polar surface area (TPSA) is 39.7 Å². The van der Waals surface area contributed by atoms with E-state index in [1.165, 1.54) is 32.4 Å². The summed E-state index contributed by atoms with van der Waals surface area (Å²) < 4.78 is 17.7. The highest BCUT2D eigenvalue weighted by Gasteiger charge is 2.39. The van der Waals surface area contributed by atoms with E-state index < -0.39 is 0 Å². The Hall–Kier alpha value is -0.160. The van der Waals surface area contributed by atoms with Crippen molar-refractivity contribution in [3.8, 4) is 0 Å². The van der Waals surface area contributed by atoms with Crippen molar-refractivity contribution >= 4 is 0 Å². The first-order valence-corrected chi connectivity index (χ1v) is 8.40. The van der Waals surface area contributed by atoms with E-state index >= 15 is 0 Å². The van der Waals surface area contributed by atoms with Gasteiger partial charge in [-0.3, -0.25) is 0 Å². The van der Waals surface area contributed by atoms with E-state index in [1.807, 2.05) is 0 Å². The lowest BCUT2D eigenvalue weighted by atomic mass is 9.85. The first kappa shape index (κ1) is 14.8. The second kappa shape index (κ2) is 7.21. The summed E-state index contributed by atoms with van der Waals surface area (Å²) in [6.07, 6.45) is 8.51. The molecule has 2 atom stereocenters. The van der Waals surface area contributed by atoms with E-state index in [0.29, 0.717) is 6.10 Å². The van der Waals surface area contributed by atoms with Gasteiger partial charge in [-0.1, -0.05) is 0 Å². The largest absolute Gasteiger partial charge is 0.381 e. The van der Waals surface area contributed by atoms with E-state index in [4.69, 9.17) is 14.2 Å². The average Bonchev–Trinajstić information content (AvgIpc) is 2.49. The molecular weight excluding hydrogens is 254 g/mol. The third kappa shape index (κ3) is 3.94. The normalized spacial score (nSPS) is 34.2. The van der Waals surface area contributed by atoms with Crippen LogP contribution < -0.4 is 5.32 Å². The molecule has 3 fully saturated rings. The Morgan fingerprint density at radius 3 is 2.85 bits per heavy atom. The Morgan fingerprint density at radius 2 is 2.05 bits per heavy atom. The molecule has 1 N–H and O–H groups in total. The van der Waals surface area contributed by atoms with Crippen molar-refractivity contribution in [2.45, 2.75) is 56.7 Å². The first-order valence-electron chi connectivity index (χ1n) is 8.40. The molecule has 4 nitrogen and oxygen atoms in total. The SMILES string of the molecule is C1CNCC(CCOC2CCOC3(CCOCC3)C2)C1. The third-order valence-corrected chi connectivity index (χ3v) is 5.13. The minimum atomic E-state index is 0.0631. The van der Waals surface area contributed by atoms with Gasteiger partial charge in [0.2, 0.25) is 0 Å². The lowest BCUT2D eigenvalue weighted by Crippen LogP contribution is -2.46. The molecule has 0 aliphatic carbocycles. The third-order valence-electron chi connectivity index (χ3n) is 5.13. The van der Waals surface area contributed by atoms with E-state index in [9.17, 15) is 0 Å². The van der Waals surface area contributed by atoms with Crippen LogP contribution in [0.3, 0.4) is 0 Å². The maximum atomic E-state index is 6.16. The van der Waals surface area contributed by atoms with Gasteiger partial charge in [-0.2, -0.15) is 0 Å². The van der Waals surface area contributed by atoms with E-state index in [2.05, 4.69) is 5.32 Å². The second-order valence-electron chi connectivity index (χ2n) is 6.63. The molecule has 3 aliphatic rings. The molecule has 1 spiro atoms. The maximum Gasteiger partial charge on any atom is 0.0751 e. The maximum absolute atomic E-state index is 6.16. The standard InChI is InChI=1S/C16H29NO3/c1-2-14(13-17-7-1)3-8-19-15-4-9-20-16(12-15)5-10-18-11-6-16/h14-15,17H,1-13H2. The number of rotatable bonds is 4. The number of ether oxygens (including phenoxy) is 3. The summed E-state index contributed by atoms with van der Waals surface area (Å²) in [5, 5.41) is 3.48. The molecule has 0 bridgehead atoms. The van der Waals surface area contributed by atoms with Gasteiger partial charge >= 0.3 is 0 Å². The van der Waals surface area contributed by atoms with Crippen LogP contribution >= 0.6 is 0 Å². The Morgan fingerprint density at radius 1 is 1.15 bits per heavy atom. The van der Waals surface area contributed by atoms with Gasteiger partial charge in [0.05, 0.1) is 11.7 Å². The summed E-state index contributed by atoms with van der Waals surface area (Å²) in [6.45, 7) is 5.85. The highest BCUT2D eigenvalue weighted by atomic mass is 16.5. The van der Waals surface area contributed by atoms with Gasteiger partial charge in [-0.05, 0) is 57.5 Å². The highest BCUT2D eigenvalue weighted by Crippen LogP contribution is 2.35. The molecule has 116 valence electrons. The van der Waals surface area contributed by atoms with Crippen LogP contribution in [-0.4, -0.2) is 51.2 Å². The van der Waals surface area contributed by atoms with Crippen molar-refractivity contribution in [2.24, 2.45) is 5.92 Å². The molecule has 2 unspecified atom stereocenters. The Kier molecular flexibility index (Phi) is 5.32. The van der Waals surface area contributed by atoms with E-state index in [-0.39, 0.29) is 5.60 Å². The fourth-order valence-electron chi connectivity index (χ4n) is 3.79. The zero-order chi connectivity index (χ0) is 13.7. The molecule has 0 radical (unpaired) electrons. The lowest BCUT2D eigenvalue weighted by molar-refractivity contribution is -0.170. The summed E-state index contributed by atoms with van der Waals surface area (Å²) in [5.74, 6) is 0.820. The second-order valence-corrected chi connectivity index (χ2v) is 6.63. The van der Waals surface area contributed by atoms with Gasteiger partial charge in [-0.15, -0.1) is 0 Å². The Bertz CT molecular complexity index is 280. The molecular formula is C16H29NO3. The quantitative estimate of drug-likeness (QED) is 0.858. The number of piperidine rings is 1. The first-order chi connectivity index (χ1) is 9.86. The fourth-order valence-corrected chi connectivity index (χ4v) is 3.79. The summed E-state index contributed by atoms with van der Waals surface area (Å²) in [7, 11) is 0. The zero-order valence-corrected chi connectivity index (χ0v) is 12.6. The summed E-state index contributed by atoms with van der Waals surface area (Å²) >= 11 is 0. The Labute approximate surface area is 122 Å². The number of hydrogen-bond acceptors (Lipinski definition) is 4. The van der Waals surface area contributed by atoms with Gasteiger partial charge in [0.1, 0.15) is 0 Å². The Balaban J connectivity index is 1.38. The van der Waals surface area contributed by atoms with E-state index in [1.54, 1.807) is 0 Å². The molecule has 3 heterocycles. The van der Waals surface area contributed by atoms with Gasteiger partial charge in [0.25, 0.3) is 0 Å². The predicted octanol–water partition coefficient (Wildman–Crippen LogP) is 2.12. The smallest absolute Gasteiger partial charge is 0.0751 e. The van der Waals surface area contributed by atoms with Crippen molar-refractivity contribution in [3.63, 3.8) is 0 Å². The van der Waals surface area contributed by atoms with Gasteiger partial charge in [0.15, 0.2) is 0 Å². The zero-order valence-electron chi connectivity index (χ0n) is 12.6. The predicted molar refractivity (Wildman–Crippen MR) is 77.9 cm³/mol. The van der Waals surface area contributed by atoms with Crippen molar-refractivity contribution in [1.29, 1.82) is 0 Å². The van der Waals surface area contributed by atoms with Crippen molar-refractivity contribution in [2.75, 3.05) is 39.5 Å². The molecule has 3 rings (SSSR count). The molecule has 3 aliphatic heterocycles. The molecule has 4 heteroatoms. The number of nitrogens with one attached hydrogen (secondary N) is 1. The minimum absolute atomic E-state index is 0.0631. The van der Waals surface area contributed by atoms with Gasteiger partial charge < -0.3 is 19.5 Å². The summed E-state index contributed by atoms with van der Waals surface area (Å²) in [4.78, 5) is 0. The fraction of sp³-hybridized carbons (Fsp3) is 1.00. The van der Waals surface area contributed by atoms with Crippen LogP contribution in [0.1, 0.15) is 44.9 Å². The summed E-state index contributed by atoms with van der Waals surface area (Å²) in [6, 6.07) is 0. The molecule has 0 aromatic rings. The van der Waals surface area contributed by atoms with Gasteiger partial charge in [-0.25, -0.2) is 0 Å². The van der Waals surface area contributed by atoms with Crippen LogP contribution in [0.5, 0.6) is 0 Å². The molecule has 20 heavy (non-hydrogen) atoms. The molecule has 0 aromatic carbocycles. The van der Waals surface area contributed by atoms with Gasteiger partial charge in [0, 0.05) is 32.8 Å². The van der Waals surface area contributed by atoms with Crippen molar-refractivity contribution < 1.29 is 14.2 Å².